The van der Waals surface area contributed by atoms with E-state index in [2.05, 4.69) is 118 Å². The van der Waals surface area contributed by atoms with Crippen LogP contribution in [0.4, 0.5) is 11.4 Å². The topological polar surface area (TPSA) is 19.4 Å². The van der Waals surface area contributed by atoms with Crippen molar-refractivity contribution in [2.24, 2.45) is 5.92 Å². The van der Waals surface area contributed by atoms with Crippen molar-refractivity contribution < 1.29 is 0 Å². The molecule has 0 amide bonds. The summed E-state index contributed by atoms with van der Waals surface area (Å²) in [6.07, 6.45) is 15.4. The van der Waals surface area contributed by atoms with Gasteiger partial charge in [-0.1, -0.05) is 86.8 Å². The maximum Gasteiger partial charge on any atom is 0.0780 e. The Hall–Kier alpha value is -3.39. The Bertz CT molecular complexity index is 1910. The molecule has 0 saturated heterocycles. The number of hydrogen-bond donors (Lipinski definition) is 0. The summed E-state index contributed by atoms with van der Waals surface area (Å²) in [4.78, 5) is 9.45. The Morgan fingerprint density at radius 1 is 0.720 bits per heavy atom. The summed E-state index contributed by atoms with van der Waals surface area (Å²) in [7, 11) is 8.48. The highest BCUT2D eigenvalue weighted by Crippen LogP contribution is 2.57. The number of nitrogens with zero attached hydrogens (tertiary/aromatic N) is 3. The molecule has 1 aromatic heterocycles. The average Bonchev–Trinajstić information content (AvgIpc) is 3.12. The van der Waals surface area contributed by atoms with E-state index >= 15 is 0 Å². The SMILES string of the molecule is Cc1cc(CC2CCC(P(c3ccccc3-c3c(N(C)C)cccc3N(C)C)C3CCCCC3)CC2)cc(-c2nccc3cc(Cl)ccc23)c1. The molecule has 0 aliphatic heterocycles. The molecule has 0 bridgehead atoms. The molecule has 50 heavy (non-hydrogen) atoms. The van der Waals surface area contributed by atoms with Gasteiger partial charge in [-0.15, -0.1) is 0 Å². The quantitative estimate of drug-likeness (QED) is 0.143. The first-order valence-electron chi connectivity index (χ1n) is 18.8. The molecule has 7 rings (SSSR count). The molecule has 1 atom stereocenters. The van der Waals surface area contributed by atoms with Gasteiger partial charge in [0, 0.05) is 67.3 Å². The number of aryl methyl sites for hydroxylation is 1. The third kappa shape index (κ3) is 7.46. The first-order chi connectivity index (χ1) is 24.3. The fourth-order valence-electron chi connectivity index (χ4n) is 8.97. The van der Waals surface area contributed by atoms with Crippen molar-refractivity contribution in [2.75, 3.05) is 38.0 Å². The molecular formula is C45H53ClN3P. The third-order valence-corrected chi connectivity index (χ3v) is 15.1. The van der Waals surface area contributed by atoms with E-state index in [1.807, 2.05) is 18.3 Å². The number of anilines is 2. The molecule has 1 heterocycles. The van der Waals surface area contributed by atoms with Crippen molar-refractivity contribution in [2.45, 2.75) is 82.4 Å². The minimum Gasteiger partial charge on any atom is -0.377 e. The van der Waals surface area contributed by atoms with E-state index in [-0.39, 0.29) is 7.92 Å². The van der Waals surface area contributed by atoms with Gasteiger partial charge < -0.3 is 9.80 Å². The second-order valence-electron chi connectivity index (χ2n) is 15.3. The molecule has 0 radical (unpaired) electrons. The van der Waals surface area contributed by atoms with Gasteiger partial charge in [0.05, 0.1) is 5.69 Å². The monoisotopic (exact) mass is 701 g/mol. The summed E-state index contributed by atoms with van der Waals surface area (Å²) in [6, 6.07) is 31.7. The van der Waals surface area contributed by atoms with E-state index in [4.69, 9.17) is 16.6 Å². The summed E-state index contributed by atoms with van der Waals surface area (Å²) in [6.45, 7) is 2.23. The van der Waals surface area contributed by atoms with Gasteiger partial charge in [0.15, 0.2) is 0 Å². The average molecular weight is 702 g/mol. The molecule has 2 aliphatic carbocycles. The van der Waals surface area contributed by atoms with E-state index < -0.39 is 0 Å². The first-order valence-corrected chi connectivity index (χ1v) is 20.6. The minimum atomic E-state index is -0.293. The van der Waals surface area contributed by atoms with Crippen molar-refractivity contribution in [3.8, 4) is 22.4 Å². The number of fused-ring (bicyclic) bond motifs is 1. The van der Waals surface area contributed by atoms with Gasteiger partial charge in [0.2, 0.25) is 0 Å². The molecule has 0 N–H and O–H groups in total. The van der Waals surface area contributed by atoms with Gasteiger partial charge in [0.25, 0.3) is 0 Å². The van der Waals surface area contributed by atoms with Crippen LogP contribution in [0.15, 0.2) is 91.1 Å². The van der Waals surface area contributed by atoms with E-state index in [1.54, 1.807) is 5.30 Å². The number of rotatable bonds is 9. The number of pyridine rings is 1. The van der Waals surface area contributed by atoms with Gasteiger partial charge in [-0.3, -0.25) is 4.98 Å². The van der Waals surface area contributed by atoms with Crippen LogP contribution in [0.5, 0.6) is 0 Å². The Labute approximate surface area is 306 Å². The fraction of sp³-hybridized carbons (Fsp3) is 0.400. The van der Waals surface area contributed by atoms with Crippen LogP contribution >= 0.6 is 19.5 Å². The maximum atomic E-state index is 6.33. The molecule has 0 spiro atoms. The maximum absolute atomic E-state index is 6.33. The van der Waals surface area contributed by atoms with Crippen LogP contribution in [-0.4, -0.2) is 44.5 Å². The standard InChI is InChI=1S/C45H53ClN3P/c1-31-26-33(29-35(27-31)45-39-23-20-36(46)30-34(39)24-25-47-45)28-32-18-21-38(22-19-32)50(37-12-7-6-8-13-37)43-17-10-9-14-40(43)44-41(48(2)3)15-11-16-42(44)49(4)5/h9-11,14-17,20,23-27,29-30,32,37-38H,6-8,12-13,18-19,21-22,28H2,1-5H3. The Balaban J connectivity index is 1.16. The van der Waals surface area contributed by atoms with Crippen LogP contribution in [0.2, 0.25) is 5.02 Å². The highest BCUT2D eigenvalue weighted by atomic mass is 35.5. The molecule has 2 fully saturated rings. The van der Waals surface area contributed by atoms with Crippen LogP contribution in [0, 0.1) is 12.8 Å². The van der Waals surface area contributed by atoms with Gasteiger partial charge in [0.1, 0.15) is 0 Å². The molecule has 5 heteroatoms. The minimum absolute atomic E-state index is 0.293. The summed E-state index contributed by atoms with van der Waals surface area (Å²) in [5.41, 5.74) is 12.1. The van der Waals surface area contributed by atoms with E-state index in [0.717, 1.165) is 45.1 Å². The van der Waals surface area contributed by atoms with Crippen molar-refractivity contribution in [1.29, 1.82) is 0 Å². The smallest absolute Gasteiger partial charge is 0.0780 e. The Kier molecular flexibility index (Phi) is 10.8. The molecule has 5 aromatic rings. The Morgan fingerprint density at radius 3 is 2.14 bits per heavy atom. The Morgan fingerprint density at radius 2 is 1.42 bits per heavy atom. The van der Waals surface area contributed by atoms with Crippen molar-refractivity contribution >= 4 is 47.0 Å². The second-order valence-corrected chi connectivity index (χ2v) is 18.5. The summed E-state index contributed by atoms with van der Waals surface area (Å²) >= 11 is 6.33. The summed E-state index contributed by atoms with van der Waals surface area (Å²) < 4.78 is 0. The first kappa shape index (κ1) is 35.0. The van der Waals surface area contributed by atoms with E-state index in [1.165, 1.54) is 97.0 Å². The molecule has 260 valence electrons. The van der Waals surface area contributed by atoms with Crippen molar-refractivity contribution in [3.63, 3.8) is 0 Å². The highest BCUT2D eigenvalue weighted by Gasteiger charge is 2.36. The second kappa shape index (κ2) is 15.5. The lowest BCUT2D eigenvalue weighted by molar-refractivity contribution is 0.359. The number of aromatic nitrogens is 1. The summed E-state index contributed by atoms with van der Waals surface area (Å²) in [5.74, 6) is 0.730. The van der Waals surface area contributed by atoms with Crippen molar-refractivity contribution in [3.05, 3.63) is 107 Å². The number of halogens is 1. The zero-order valence-electron chi connectivity index (χ0n) is 30.6. The fourth-order valence-corrected chi connectivity index (χ4v) is 13.0. The van der Waals surface area contributed by atoms with Gasteiger partial charge in [-0.25, -0.2) is 0 Å². The lowest BCUT2D eigenvalue weighted by Crippen LogP contribution is -2.29. The van der Waals surface area contributed by atoms with Crippen molar-refractivity contribution in [1.82, 2.24) is 4.98 Å². The molecular weight excluding hydrogens is 649 g/mol. The third-order valence-electron chi connectivity index (χ3n) is 11.3. The largest absolute Gasteiger partial charge is 0.377 e. The lowest BCUT2D eigenvalue weighted by atomic mass is 9.84. The predicted molar refractivity (Wildman–Crippen MR) is 220 cm³/mol. The van der Waals surface area contributed by atoms with E-state index in [0.29, 0.717) is 0 Å². The van der Waals surface area contributed by atoms with Gasteiger partial charge in [-0.05, 0) is 133 Å². The highest BCUT2D eigenvalue weighted by molar-refractivity contribution is 7.67. The number of hydrogen-bond acceptors (Lipinski definition) is 3. The van der Waals surface area contributed by atoms with E-state index in [9.17, 15) is 0 Å². The van der Waals surface area contributed by atoms with Crippen LogP contribution in [0.25, 0.3) is 33.2 Å². The number of benzene rings is 4. The van der Waals surface area contributed by atoms with Crippen LogP contribution in [0.3, 0.4) is 0 Å². The molecule has 3 nitrogen and oxygen atoms in total. The van der Waals surface area contributed by atoms with Gasteiger partial charge >= 0.3 is 0 Å². The van der Waals surface area contributed by atoms with Crippen LogP contribution in [0.1, 0.15) is 68.9 Å². The predicted octanol–water partition coefficient (Wildman–Crippen LogP) is 11.9. The molecule has 1 unspecified atom stereocenters. The molecule has 2 saturated carbocycles. The zero-order valence-corrected chi connectivity index (χ0v) is 32.3. The van der Waals surface area contributed by atoms with Crippen LogP contribution in [-0.2, 0) is 6.42 Å². The van der Waals surface area contributed by atoms with Gasteiger partial charge in [-0.2, -0.15) is 0 Å². The molecule has 4 aromatic carbocycles. The van der Waals surface area contributed by atoms with Crippen LogP contribution < -0.4 is 15.1 Å². The molecule has 2 aliphatic rings. The zero-order chi connectivity index (χ0) is 34.8. The lowest BCUT2D eigenvalue weighted by Gasteiger charge is -2.41. The summed E-state index contributed by atoms with van der Waals surface area (Å²) in [5, 5.41) is 4.73. The normalized spacial score (nSPS) is 19.0.